The molecule has 0 amide bonds. The maximum Gasteiger partial charge on any atom is 0.331 e. The van der Waals surface area contributed by atoms with Gasteiger partial charge in [0.25, 0.3) is 0 Å². The van der Waals surface area contributed by atoms with E-state index in [9.17, 15) is 0 Å². The third kappa shape index (κ3) is 3.88. The first-order valence-electron chi connectivity index (χ1n) is 6.57. The number of hydrogen-bond acceptors (Lipinski definition) is 5. The van der Waals surface area contributed by atoms with E-state index in [1.807, 2.05) is 6.92 Å². The molecule has 0 saturated carbocycles. The van der Waals surface area contributed by atoms with Gasteiger partial charge in [0.1, 0.15) is 0 Å². The summed E-state index contributed by atoms with van der Waals surface area (Å²) < 4.78 is 9.62. The van der Waals surface area contributed by atoms with E-state index < -0.39 is 0 Å². The predicted octanol–water partition coefficient (Wildman–Crippen LogP) is 2.71. The second kappa shape index (κ2) is 7.22. The molecule has 0 aromatic carbocycles. The first kappa shape index (κ1) is 13.2. The number of nitrogens with zero attached hydrogens (tertiary/aromatic N) is 3. The number of anilines is 1. The van der Waals surface area contributed by atoms with Gasteiger partial charge in [-0.15, -0.1) is 10.3 Å². The van der Waals surface area contributed by atoms with Gasteiger partial charge in [0.05, 0.1) is 0 Å². The predicted molar refractivity (Wildman–Crippen MR) is 74.2 cm³/mol. The Morgan fingerprint density at radius 3 is 2.72 bits per heavy atom. The molecule has 1 aliphatic rings. The molecule has 0 unspecified atom stereocenters. The second-order valence-electron chi connectivity index (χ2n) is 4.26. The first-order valence-corrected chi connectivity index (χ1v) is 7.34. The van der Waals surface area contributed by atoms with Crippen molar-refractivity contribution in [2.45, 2.75) is 39.0 Å². The van der Waals surface area contributed by atoms with Gasteiger partial charge in [0.15, 0.2) is 6.61 Å². The van der Waals surface area contributed by atoms with Crippen LogP contribution in [0.5, 0.6) is 6.01 Å². The van der Waals surface area contributed by atoms with Crippen LogP contribution >= 0.6 is 11.5 Å². The van der Waals surface area contributed by atoms with Gasteiger partial charge in [-0.3, -0.25) is 0 Å². The zero-order valence-corrected chi connectivity index (χ0v) is 11.6. The summed E-state index contributed by atoms with van der Waals surface area (Å²) in [6.07, 6.45) is 6.00. The van der Waals surface area contributed by atoms with Crippen LogP contribution in [0, 0.1) is 11.8 Å². The minimum absolute atomic E-state index is 0.379. The Morgan fingerprint density at radius 1 is 1.22 bits per heavy atom. The molecular formula is C13H19N3OS. The zero-order chi connectivity index (χ0) is 12.6. The van der Waals surface area contributed by atoms with Gasteiger partial charge in [-0.1, -0.05) is 25.7 Å². The maximum atomic E-state index is 5.40. The monoisotopic (exact) mass is 265 g/mol. The van der Waals surface area contributed by atoms with Crippen LogP contribution in [0.3, 0.4) is 0 Å². The number of hydrogen-bond donors (Lipinski definition) is 0. The van der Waals surface area contributed by atoms with Crippen molar-refractivity contribution in [1.82, 2.24) is 9.36 Å². The lowest BCUT2D eigenvalue weighted by molar-refractivity contribution is 0.345. The van der Waals surface area contributed by atoms with Gasteiger partial charge in [-0.25, -0.2) is 0 Å². The summed E-state index contributed by atoms with van der Waals surface area (Å²) in [6, 6.07) is 0.463. The Labute approximate surface area is 113 Å². The topological polar surface area (TPSA) is 38.2 Å². The summed E-state index contributed by atoms with van der Waals surface area (Å²) in [5.41, 5.74) is 0. The molecule has 1 aromatic rings. The highest BCUT2D eigenvalue weighted by atomic mass is 32.1. The Hall–Kier alpha value is -1.28. The average molecular weight is 265 g/mol. The van der Waals surface area contributed by atoms with Crippen molar-refractivity contribution in [3.05, 3.63) is 0 Å². The molecule has 1 aliphatic heterocycles. The zero-order valence-electron chi connectivity index (χ0n) is 10.8. The molecule has 1 fully saturated rings. The fourth-order valence-electron chi connectivity index (χ4n) is 1.93. The maximum absolute atomic E-state index is 5.40. The highest BCUT2D eigenvalue weighted by molar-refractivity contribution is 7.09. The first-order chi connectivity index (χ1) is 8.90. The molecule has 0 aliphatic carbocycles. The molecule has 1 saturated heterocycles. The van der Waals surface area contributed by atoms with E-state index in [-0.39, 0.29) is 0 Å². The third-order valence-corrected chi connectivity index (χ3v) is 3.61. The molecule has 0 radical (unpaired) electrons. The second-order valence-corrected chi connectivity index (χ2v) is 4.99. The van der Waals surface area contributed by atoms with Gasteiger partial charge < -0.3 is 9.64 Å². The largest absolute Gasteiger partial charge is 0.450 e. The average Bonchev–Trinajstić information content (AvgIpc) is 2.69. The van der Waals surface area contributed by atoms with Gasteiger partial charge in [0, 0.05) is 31.0 Å². The highest BCUT2D eigenvalue weighted by Gasteiger charge is 2.14. The molecule has 98 valence electrons. The fraction of sp³-hybridized carbons (Fsp3) is 0.692. The summed E-state index contributed by atoms with van der Waals surface area (Å²) in [4.78, 5) is 6.73. The van der Waals surface area contributed by atoms with Crippen molar-refractivity contribution in [2.75, 3.05) is 24.6 Å². The minimum Gasteiger partial charge on any atom is -0.450 e. The van der Waals surface area contributed by atoms with Crippen molar-refractivity contribution < 1.29 is 4.74 Å². The molecule has 0 atom stereocenters. The molecule has 4 nitrogen and oxygen atoms in total. The van der Waals surface area contributed by atoms with E-state index >= 15 is 0 Å². The summed E-state index contributed by atoms with van der Waals surface area (Å²) in [5, 5.41) is 0.982. The molecule has 0 N–H and O–H groups in total. The van der Waals surface area contributed by atoms with Crippen LogP contribution < -0.4 is 9.64 Å². The third-order valence-electron chi connectivity index (χ3n) is 2.85. The normalized spacial score (nSPS) is 15.7. The minimum atomic E-state index is 0.379. The quantitative estimate of drug-likeness (QED) is 0.788. The summed E-state index contributed by atoms with van der Waals surface area (Å²) in [7, 11) is 0. The Balaban J connectivity index is 1.88. The van der Waals surface area contributed by atoms with Crippen LogP contribution in [-0.2, 0) is 0 Å². The Morgan fingerprint density at radius 2 is 2.00 bits per heavy atom. The SMILES string of the molecule is CCC#CCOc1nsc(N2CCCCCC2)n1. The fourth-order valence-corrected chi connectivity index (χ4v) is 2.60. The van der Waals surface area contributed by atoms with E-state index in [4.69, 9.17) is 4.74 Å². The Bertz CT molecular complexity index is 413. The van der Waals surface area contributed by atoms with Gasteiger partial charge in [0.2, 0.25) is 5.13 Å². The van der Waals surface area contributed by atoms with Crippen LogP contribution in [0.1, 0.15) is 39.0 Å². The van der Waals surface area contributed by atoms with E-state index in [0.29, 0.717) is 12.6 Å². The summed E-state index contributed by atoms with van der Waals surface area (Å²) >= 11 is 1.42. The number of aromatic nitrogens is 2. The molecule has 2 rings (SSSR count). The van der Waals surface area contributed by atoms with Crippen molar-refractivity contribution in [3.63, 3.8) is 0 Å². The van der Waals surface area contributed by atoms with Gasteiger partial charge in [-0.2, -0.15) is 4.98 Å². The lowest BCUT2D eigenvalue weighted by atomic mass is 10.2. The lowest BCUT2D eigenvalue weighted by Gasteiger charge is -2.17. The van der Waals surface area contributed by atoms with Gasteiger partial charge >= 0.3 is 6.01 Å². The van der Waals surface area contributed by atoms with E-state index in [2.05, 4.69) is 26.1 Å². The van der Waals surface area contributed by atoms with Gasteiger partial charge in [-0.05, 0) is 12.8 Å². The van der Waals surface area contributed by atoms with Crippen molar-refractivity contribution in [2.24, 2.45) is 0 Å². The molecule has 18 heavy (non-hydrogen) atoms. The van der Waals surface area contributed by atoms with Crippen LogP contribution in [-0.4, -0.2) is 29.1 Å². The van der Waals surface area contributed by atoms with Crippen LogP contribution in [0.25, 0.3) is 0 Å². The van der Waals surface area contributed by atoms with Crippen LogP contribution in [0.4, 0.5) is 5.13 Å². The molecule has 1 aromatic heterocycles. The van der Waals surface area contributed by atoms with E-state index in [1.165, 1.54) is 37.2 Å². The summed E-state index contributed by atoms with van der Waals surface area (Å²) in [6.45, 7) is 4.57. The van der Waals surface area contributed by atoms with E-state index in [0.717, 1.165) is 24.6 Å². The molecule has 0 bridgehead atoms. The standard InChI is InChI=1S/C13H19N3OS/c1-2-3-8-11-17-12-14-13(18-15-12)16-9-6-4-5-7-10-16/h2,4-7,9-11H2,1H3. The smallest absolute Gasteiger partial charge is 0.331 e. The van der Waals surface area contributed by atoms with Crippen molar-refractivity contribution >= 4 is 16.7 Å². The van der Waals surface area contributed by atoms with Crippen LogP contribution in [0.15, 0.2) is 0 Å². The number of rotatable bonds is 3. The summed E-state index contributed by atoms with van der Waals surface area (Å²) in [5.74, 6) is 5.88. The van der Waals surface area contributed by atoms with Crippen molar-refractivity contribution in [1.29, 1.82) is 0 Å². The molecular weight excluding hydrogens is 246 g/mol. The van der Waals surface area contributed by atoms with Crippen LogP contribution in [0.2, 0.25) is 0 Å². The van der Waals surface area contributed by atoms with E-state index in [1.54, 1.807) is 0 Å². The number of ether oxygens (including phenoxy) is 1. The Kier molecular flexibility index (Phi) is 5.28. The molecule has 2 heterocycles. The highest BCUT2D eigenvalue weighted by Crippen LogP contribution is 2.23. The van der Waals surface area contributed by atoms with Crippen molar-refractivity contribution in [3.8, 4) is 17.9 Å². The lowest BCUT2D eigenvalue weighted by Crippen LogP contribution is -2.23. The molecule has 0 spiro atoms. The molecule has 5 heteroatoms.